The van der Waals surface area contributed by atoms with Gasteiger partial charge < -0.3 is 10.2 Å². The molecule has 25 heavy (non-hydrogen) atoms. The molecule has 2 aromatic rings. The van der Waals surface area contributed by atoms with Gasteiger partial charge >= 0.3 is 0 Å². The first kappa shape index (κ1) is 15.1. The van der Waals surface area contributed by atoms with Crippen LogP contribution in [0.2, 0.25) is 0 Å². The maximum Gasteiger partial charge on any atom is 0.274 e. The normalized spacial score (nSPS) is 28.4. The van der Waals surface area contributed by atoms with E-state index in [1.807, 2.05) is 6.07 Å². The number of nitrogens with zero attached hydrogens (tertiary/aromatic N) is 2. The molecular weight excluding hydrogens is 312 g/mol. The van der Waals surface area contributed by atoms with Crippen molar-refractivity contribution in [2.45, 2.75) is 31.7 Å². The number of hydrogen-bond acceptors (Lipinski definition) is 3. The van der Waals surface area contributed by atoms with Crippen molar-refractivity contribution in [1.29, 1.82) is 0 Å². The fourth-order valence-corrected chi connectivity index (χ4v) is 4.64. The molecule has 3 atom stereocenters. The molecule has 1 amide bonds. The predicted octanol–water partition coefficient (Wildman–Crippen LogP) is 2.63. The summed E-state index contributed by atoms with van der Waals surface area (Å²) in [5, 5.41) is 10.9. The van der Waals surface area contributed by atoms with Crippen molar-refractivity contribution >= 4 is 5.91 Å². The molecular formula is C20H24N4O. The van der Waals surface area contributed by atoms with Gasteiger partial charge in [0.15, 0.2) is 0 Å². The Labute approximate surface area is 147 Å². The zero-order valence-corrected chi connectivity index (χ0v) is 14.5. The molecule has 0 unspecified atom stereocenters. The number of aromatic amines is 1. The number of aryl methyl sites for hydroxylation is 1. The van der Waals surface area contributed by atoms with Gasteiger partial charge in [0, 0.05) is 37.2 Å². The predicted molar refractivity (Wildman–Crippen MR) is 95.4 cm³/mol. The Kier molecular flexibility index (Phi) is 3.45. The van der Waals surface area contributed by atoms with Crippen LogP contribution in [0.3, 0.4) is 0 Å². The number of carbonyl (C=O) groups is 1. The SMILES string of the molecule is Cc1ccccc1[C@H]1[C@H]2CNC[C@H]2CN1C(=O)c1cc(C2CC2)[nH]n1. The molecule has 0 bridgehead atoms. The van der Waals surface area contributed by atoms with E-state index in [1.54, 1.807) is 0 Å². The summed E-state index contributed by atoms with van der Waals surface area (Å²) in [6.07, 6.45) is 2.42. The topological polar surface area (TPSA) is 61.0 Å². The van der Waals surface area contributed by atoms with Crippen LogP contribution in [0.5, 0.6) is 0 Å². The van der Waals surface area contributed by atoms with Crippen LogP contribution in [0.1, 0.15) is 52.1 Å². The second-order valence-corrected chi connectivity index (χ2v) is 7.82. The Balaban J connectivity index is 1.49. The number of amides is 1. The number of aromatic nitrogens is 2. The summed E-state index contributed by atoms with van der Waals surface area (Å²) < 4.78 is 0. The summed E-state index contributed by atoms with van der Waals surface area (Å²) in [7, 11) is 0. The summed E-state index contributed by atoms with van der Waals surface area (Å²) in [5.74, 6) is 1.69. The highest BCUT2D eigenvalue weighted by Crippen LogP contribution is 2.44. The fourth-order valence-electron chi connectivity index (χ4n) is 4.64. The van der Waals surface area contributed by atoms with E-state index in [0.717, 1.165) is 25.3 Å². The molecule has 5 nitrogen and oxygen atoms in total. The first-order valence-corrected chi connectivity index (χ1v) is 9.35. The van der Waals surface area contributed by atoms with E-state index < -0.39 is 0 Å². The number of hydrogen-bond donors (Lipinski definition) is 2. The van der Waals surface area contributed by atoms with Crippen LogP contribution in [-0.2, 0) is 0 Å². The van der Waals surface area contributed by atoms with Gasteiger partial charge in [0.05, 0.1) is 6.04 Å². The smallest absolute Gasteiger partial charge is 0.274 e. The van der Waals surface area contributed by atoms with E-state index in [9.17, 15) is 4.79 Å². The second-order valence-electron chi connectivity index (χ2n) is 7.82. The molecule has 3 fully saturated rings. The van der Waals surface area contributed by atoms with Gasteiger partial charge in [0.1, 0.15) is 5.69 Å². The molecule has 1 aromatic heterocycles. The Morgan fingerprint density at radius 3 is 2.88 bits per heavy atom. The van der Waals surface area contributed by atoms with Crippen molar-refractivity contribution in [1.82, 2.24) is 20.4 Å². The Bertz CT molecular complexity index is 810. The highest BCUT2D eigenvalue weighted by atomic mass is 16.2. The highest BCUT2D eigenvalue weighted by Gasteiger charge is 2.47. The summed E-state index contributed by atoms with van der Waals surface area (Å²) in [6.45, 7) is 4.96. The first-order valence-electron chi connectivity index (χ1n) is 9.35. The van der Waals surface area contributed by atoms with Gasteiger partial charge in [0.25, 0.3) is 5.91 Å². The quantitative estimate of drug-likeness (QED) is 0.906. The average molecular weight is 336 g/mol. The van der Waals surface area contributed by atoms with Crippen molar-refractivity contribution in [2.75, 3.05) is 19.6 Å². The molecule has 2 N–H and O–H groups in total. The van der Waals surface area contributed by atoms with E-state index in [1.165, 1.54) is 24.0 Å². The van der Waals surface area contributed by atoms with Crippen LogP contribution in [-0.4, -0.2) is 40.6 Å². The van der Waals surface area contributed by atoms with Gasteiger partial charge in [-0.1, -0.05) is 24.3 Å². The zero-order chi connectivity index (χ0) is 17.0. The van der Waals surface area contributed by atoms with E-state index in [2.05, 4.69) is 51.6 Å². The van der Waals surface area contributed by atoms with Crippen molar-refractivity contribution in [3.05, 3.63) is 52.8 Å². The van der Waals surface area contributed by atoms with E-state index >= 15 is 0 Å². The number of carbonyl (C=O) groups excluding carboxylic acids is 1. The van der Waals surface area contributed by atoms with Crippen molar-refractivity contribution in [3.8, 4) is 0 Å². The summed E-state index contributed by atoms with van der Waals surface area (Å²) >= 11 is 0. The lowest BCUT2D eigenvalue weighted by Gasteiger charge is -2.29. The molecule has 3 aliphatic rings. The molecule has 130 valence electrons. The van der Waals surface area contributed by atoms with Crippen LogP contribution < -0.4 is 5.32 Å². The van der Waals surface area contributed by atoms with Crippen molar-refractivity contribution in [2.24, 2.45) is 11.8 Å². The largest absolute Gasteiger partial charge is 0.330 e. The molecule has 2 aliphatic heterocycles. The molecule has 0 spiro atoms. The highest BCUT2D eigenvalue weighted by molar-refractivity contribution is 5.93. The summed E-state index contributed by atoms with van der Waals surface area (Å²) in [6, 6.07) is 10.6. The van der Waals surface area contributed by atoms with Crippen molar-refractivity contribution < 1.29 is 4.79 Å². The van der Waals surface area contributed by atoms with Gasteiger partial charge in [0.2, 0.25) is 0 Å². The Morgan fingerprint density at radius 2 is 2.08 bits per heavy atom. The molecule has 1 aromatic carbocycles. The number of fused-ring (bicyclic) bond motifs is 1. The Hall–Kier alpha value is -2.14. The van der Waals surface area contributed by atoms with Gasteiger partial charge in [-0.25, -0.2) is 0 Å². The van der Waals surface area contributed by atoms with Gasteiger partial charge in [-0.15, -0.1) is 0 Å². The zero-order valence-electron chi connectivity index (χ0n) is 14.5. The van der Waals surface area contributed by atoms with E-state index in [0.29, 0.717) is 23.4 Å². The molecule has 1 aliphatic carbocycles. The average Bonchev–Trinajstić information content (AvgIpc) is 3.05. The van der Waals surface area contributed by atoms with Gasteiger partial charge in [-0.05, 0) is 42.9 Å². The lowest BCUT2D eigenvalue weighted by atomic mass is 9.87. The molecule has 5 rings (SSSR count). The maximum atomic E-state index is 13.3. The van der Waals surface area contributed by atoms with Crippen LogP contribution in [0, 0.1) is 18.8 Å². The van der Waals surface area contributed by atoms with Gasteiger partial charge in [-0.2, -0.15) is 5.10 Å². The van der Waals surface area contributed by atoms with E-state index in [4.69, 9.17) is 0 Å². The number of nitrogens with one attached hydrogen (secondary N) is 2. The lowest BCUT2D eigenvalue weighted by Crippen LogP contribution is -2.35. The number of rotatable bonds is 3. The molecule has 5 heteroatoms. The molecule has 1 saturated carbocycles. The Morgan fingerprint density at radius 1 is 1.24 bits per heavy atom. The maximum absolute atomic E-state index is 13.3. The minimum Gasteiger partial charge on any atom is -0.330 e. The number of likely N-dealkylation sites (tertiary alicyclic amines) is 1. The van der Waals surface area contributed by atoms with E-state index in [-0.39, 0.29) is 11.9 Å². The number of benzene rings is 1. The van der Waals surface area contributed by atoms with Crippen LogP contribution in [0.25, 0.3) is 0 Å². The second kappa shape index (κ2) is 5.70. The van der Waals surface area contributed by atoms with Crippen molar-refractivity contribution in [3.63, 3.8) is 0 Å². The monoisotopic (exact) mass is 336 g/mol. The minimum atomic E-state index is 0.0748. The van der Waals surface area contributed by atoms with Crippen LogP contribution in [0.15, 0.2) is 30.3 Å². The number of H-pyrrole nitrogens is 1. The molecule has 0 radical (unpaired) electrons. The van der Waals surface area contributed by atoms with Crippen LogP contribution in [0.4, 0.5) is 0 Å². The summed E-state index contributed by atoms with van der Waals surface area (Å²) in [5.41, 5.74) is 4.24. The third-order valence-corrected chi connectivity index (χ3v) is 6.17. The third kappa shape index (κ3) is 2.49. The molecule has 2 saturated heterocycles. The van der Waals surface area contributed by atoms with Crippen LogP contribution >= 0.6 is 0 Å². The third-order valence-electron chi connectivity index (χ3n) is 6.17. The summed E-state index contributed by atoms with van der Waals surface area (Å²) in [4.78, 5) is 15.3. The fraction of sp³-hybridized carbons (Fsp3) is 0.500. The standard InChI is InChI=1S/C20H24N4O/c1-12-4-2-3-5-15(12)19-16-10-21-9-14(16)11-24(19)20(25)18-8-17(22-23-18)13-6-7-13/h2-5,8,13-14,16,19,21H,6-7,9-11H2,1H3,(H,22,23)/t14-,16-,19-/m0/s1. The lowest BCUT2D eigenvalue weighted by molar-refractivity contribution is 0.0707. The first-order chi connectivity index (χ1) is 12.2. The minimum absolute atomic E-state index is 0.0748. The van der Waals surface area contributed by atoms with Gasteiger partial charge in [-0.3, -0.25) is 9.89 Å². The molecule has 3 heterocycles.